The van der Waals surface area contributed by atoms with Crippen molar-refractivity contribution < 1.29 is 28.6 Å². The molecule has 0 heterocycles. The molecule has 1 N–H and O–H groups in total. The Labute approximate surface area is 171 Å². The minimum atomic E-state index is -0.648. The average Bonchev–Trinajstić information content (AvgIpc) is 3.34. The Hall–Kier alpha value is -2.57. The molecule has 2 bridgehead atoms. The van der Waals surface area contributed by atoms with Crippen LogP contribution in [-0.4, -0.2) is 44.0 Å². The molecular weight excluding hydrogens is 374 g/mol. The molecule has 7 nitrogen and oxygen atoms in total. The molecule has 1 aromatic carbocycles. The molecule has 2 fully saturated rings. The van der Waals surface area contributed by atoms with Gasteiger partial charge in [0, 0.05) is 11.6 Å². The Kier molecular flexibility index (Phi) is 6.77. The van der Waals surface area contributed by atoms with Crippen molar-refractivity contribution in [2.45, 2.75) is 45.6 Å². The maximum Gasteiger partial charge on any atom is 0.344 e. The van der Waals surface area contributed by atoms with Crippen LogP contribution >= 0.6 is 0 Å². The fourth-order valence-corrected chi connectivity index (χ4v) is 4.64. The fraction of sp³-hybridized carbons (Fsp3) is 0.591. The summed E-state index contributed by atoms with van der Waals surface area (Å²) in [6.07, 6.45) is 5.05. The first-order valence-electron chi connectivity index (χ1n) is 10.1. The van der Waals surface area contributed by atoms with Crippen molar-refractivity contribution in [3.05, 3.63) is 23.8 Å². The van der Waals surface area contributed by atoms with Crippen LogP contribution in [0.5, 0.6) is 11.5 Å². The van der Waals surface area contributed by atoms with Crippen molar-refractivity contribution in [2.24, 2.45) is 17.8 Å². The van der Waals surface area contributed by atoms with Gasteiger partial charge in [-0.1, -0.05) is 6.42 Å². The molecule has 0 aliphatic heterocycles. The monoisotopic (exact) mass is 403 g/mol. The molecule has 0 radical (unpaired) electrons. The molecule has 7 heteroatoms. The van der Waals surface area contributed by atoms with E-state index in [-0.39, 0.29) is 30.9 Å². The summed E-state index contributed by atoms with van der Waals surface area (Å²) in [6, 6.07) is 4.80. The van der Waals surface area contributed by atoms with E-state index in [0.717, 1.165) is 11.8 Å². The van der Waals surface area contributed by atoms with Gasteiger partial charge in [0.15, 0.2) is 30.5 Å². The summed E-state index contributed by atoms with van der Waals surface area (Å²) in [4.78, 5) is 35.5. The molecule has 29 heavy (non-hydrogen) atoms. The lowest BCUT2D eigenvalue weighted by atomic mass is 9.84. The predicted molar refractivity (Wildman–Crippen MR) is 106 cm³/mol. The average molecular weight is 403 g/mol. The molecular formula is C22H29NO6. The summed E-state index contributed by atoms with van der Waals surface area (Å²) in [5, 5.41) is 2.96. The third kappa shape index (κ3) is 5.28. The maximum absolute atomic E-state index is 12.1. The third-order valence-electron chi connectivity index (χ3n) is 6.10. The van der Waals surface area contributed by atoms with Crippen LogP contribution in [0.25, 0.3) is 0 Å². The third-order valence-corrected chi connectivity index (χ3v) is 6.10. The standard InChI is InChI=1S/C22H29NO6/c1-13(18-9-15-4-5-17(18)8-15)23-21(25)11-29-22(26)12-28-19-7-6-16(14(2)24)10-20(19)27-3/h6-7,10,13,15,17-18H,4-5,8-9,11-12H2,1-3H3,(H,23,25)/t13-,15-,17-,18-/m0/s1. The summed E-state index contributed by atoms with van der Waals surface area (Å²) in [5.74, 6) is 1.70. The van der Waals surface area contributed by atoms with Gasteiger partial charge in [-0.05, 0) is 69.1 Å². The van der Waals surface area contributed by atoms with E-state index in [2.05, 4.69) is 5.32 Å². The van der Waals surface area contributed by atoms with Crippen molar-refractivity contribution in [2.75, 3.05) is 20.3 Å². The van der Waals surface area contributed by atoms with Gasteiger partial charge in [0.2, 0.25) is 0 Å². The van der Waals surface area contributed by atoms with Gasteiger partial charge in [-0.3, -0.25) is 9.59 Å². The maximum atomic E-state index is 12.1. The SMILES string of the molecule is COc1cc(C(C)=O)ccc1OCC(=O)OCC(=O)N[C@@H](C)[C@@H]1C[C@H]2CC[C@H]1C2. The van der Waals surface area contributed by atoms with E-state index in [0.29, 0.717) is 23.0 Å². The molecule has 0 saturated heterocycles. The summed E-state index contributed by atoms with van der Waals surface area (Å²) in [6.45, 7) is 2.81. The normalized spacial score (nSPS) is 23.3. The molecule has 1 aromatic rings. The number of ketones is 1. The fourth-order valence-electron chi connectivity index (χ4n) is 4.64. The highest BCUT2D eigenvalue weighted by Gasteiger charge is 2.42. The van der Waals surface area contributed by atoms with Gasteiger partial charge in [-0.25, -0.2) is 4.79 Å². The lowest BCUT2D eigenvalue weighted by Gasteiger charge is -2.28. The Morgan fingerprint density at radius 1 is 1.14 bits per heavy atom. The second-order valence-electron chi connectivity index (χ2n) is 8.07. The number of amides is 1. The zero-order valence-corrected chi connectivity index (χ0v) is 17.2. The van der Waals surface area contributed by atoms with E-state index in [1.807, 2.05) is 6.92 Å². The Morgan fingerprint density at radius 3 is 2.55 bits per heavy atom. The van der Waals surface area contributed by atoms with Crippen molar-refractivity contribution in [3.63, 3.8) is 0 Å². The summed E-state index contributed by atoms with van der Waals surface area (Å²) >= 11 is 0. The number of Topliss-reactive ketones (excluding diaryl/α,β-unsaturated/α-hetero) is 1. The Morgan fingerprint density at radius 2 is 1.93 bits per heavy atom. The largest absolute Gasteiger partial charge is 0.493 e. The van der Waals surface area contributed by atoms with Gasteiger partial charge in [0.1, 0.15) is 0 Å². The van der Waals surface area contributed by atoms with Gasteiger partial charge in [0.25, 0.3) is 5.91 Å². The number of methoxy groups -OCH3 is 1. The number of hydrogen-bond donors (Lipinski definition) is 1. The van der Waals surface area contributed by atoms with E-state index >= 15 is 0 Å². The number of ether oxygens (including phenoxy) is 3. The first-order chi connectivity index (χ1) is 13.9. The second kappa shape index (κ2) is 9.29. The zero-order chi connectivity index (χ0) is 21.0. The number of esters is 1. The molecule has 0 spiro atoms. The van der Waals surface area contributed by atoms with Crippen LogP contribution in [0.4, 0.5) is 0 Å². The molecule has 3 rings (SSSR count). The predicted octanol–water partition coefficient (Wildman–Crippen LogP) is 2.76. The molecule has 2 aliphatic rings. The van der Waals surface area contributed by atoms with E-state index < -0.39 is 5.97 Å². The van der Waals surface area contributed by atoms with Crippen molar-refractivity contribution in [1.82, 2.24) is 5.32 Å². The lowest BCUT2D eigenvalue weighted by Crippen LogP contribution is -2.42. The Bertz CT molecular complexity index is 777. The number of rotatable bonds is 9. The molecule has 2 aliphatic carbocycles. The zero-order valence-electron chi connectivity index (χ0n) is 17.2. The van der Waals surface area contributed by atoms with Crippen molar-refractivity contribution in [3.8, 4) is 11.5 Å². The number of benzene rings is 1. The first-order valence-corrected chi connectivity index (χ1v) is 10.1. The molecule has 2 saturated carbocycles. The summed E-state index contributed by atoms with van der Waals surface area (Å²) < 4.78 is 15.6. The van der Waals surface area contributed by atoms with Crippen molar-refractivity contribution >= 4 is 17.7 Å². The highest BCUT2D eigenvalue weighted by atomic mass is 16.6. The van der Waals surface area contributed by atoms with E-state index in [1.165, 1.54) is 39.7 Å². The second-order valence-corrected chi connectivity index (χ2v) is 8.07. The quantitative estimate of drug-likeness (QED) is 0.504. The van der Waals surface area contributed by atoms with Crippen LogP contribution in [0.2, 0.25) is 0 Å². The number of carbonyl (C=O) groups is 3. The number of carbonyl (C=O) groups excluding carboxylic acids is 3. The number of fused-ring (bicyclic) bond motifs is 2. The van der Waals surface area contributed by atoms with Gasteiger partial charge >= 0.3 is 5.97 Å². The minimum absolute atomic E-state index is 0.0943. The highest BCUT2D eigenvalue weighted by molar-refractivity contribution is 5.94. The first kappa shape index (κ1) is 21.1. The summed E-state index contributed by atoms with van der Waals surface area (Å²) in [5.41, 5.74) is 0.484. The molecule has 1 amide bonds. The van der Waals surface area contributed by atoms with Crippen molar-refractivity contribution in [1.29, 1.82) is 0 Å². The van der Waals surface area contributed by atoms with Gasteiger partial charge in [0.05, 0.1) is 7.11 Å². The van der Waals surface area contributed by atoms with Crippen LogP contribution in [0.1, 0.15) is 49.9 Å². The topological polar surface area (TPSA) is 90.9 Å². The molecule has 4 atom stereocenters. The van der Waals surface area contributed by atoms with E-state index in [1.54, 1.807) is 18.2 Å². The highest BCUT2D eigenvalue weighted by Crippen LogP contribution is 2.49. The summed E-state index contributed by atoms with van der Waals surface area (Å²) in [7, 11) is 1.45. The Balaban J connectivity index is 1.40. The van der Waals surface area contributed by atoms with Crippen LogP contribution in [0.3, 0.4) is 0 Å². The van der Waals surface area contributed by atoms with E-state index in [9.17, 15) is 14.4 Å². The van der Waals surface area contributed by atoms with E-state index in [4.69, 9.17) is 14.2 Å². The van der Waals surface area contributed by atoms with Gasteiger partial charge in [-0.15, -0.1) is 0 Å². The minimum Gasteiger partial charge on any atom is -0.493 e. The molecule has 0 aromatic heterocycles. The molecule has 0 unspecified atom stereocenters. The van der Waals surface area contributed by atoms with Crippen LogP contribution in [0.15, 0.2) is 18.2 Å². The number of nitrogens with one attached hydrogen (secondary N) is 1. The van der Waals surface area contributed by atoms with Crippen LogP contribution < -0.4 is 14.8 Å². The smallest absolute Gasteiger partial charge is 0.344 e. The van der Waals surface area contributed by atoms with Gasteiger partial charge < -0.3 is 19.5 Å². The number of hydrogen-bond acceptors (Lipinski definition) is 6. The lowest BCUT2D eigenvalue weighted by molar-refractivity contribution is -0.150. The molecule has 158 valence electrons. The van der Waals surface area contributed by atoms with Gasteiger partial charge in [-0.2, -0.15) is 0 Å². The van der Waals surface area contributed by atoms with Crippen LogP contribution in [0, 0.1) is 17.8 Å². The van der Waals surface area contributed by atoms with Crippen LogP contribution in [-0.2, 0) is 14.3 Å².